The summed E-state index contributed by atoms with van der Waals surface area (Å²) in [5, 5.41) is 1.75. The Hall–Kier alpha value is -2.73. The standard InChI is InChI=1S/C32H37B2FN2O6S/c1-29(2)30(3,4)41-33(40-29)19-10-11-22-18(12-19)13-23-27-21(35)14-20(34-42-31(5,6)32(7,8)43-34)15-24(27)39-28(37(22)23)25-16-36-26(44-25)17-38-9/h10-16,28H,17H2,1-9H3. The fraction of sp³-hybridized carbons (Fsp3) is 0.469. The van der Waals surface area contributed by atoms with Crippen LogP contribution in [-0.4, -0.2) is 53.3 Å². The molecule has 0 spiro atoms. The average Bonchev–Trinajstić information content (AvgIpc) is 3.65. The van der Waals surface area contributed by atoms with E-state index in [9.17, 15) is 0 Å². The van der Waals surface area contributed by atoms with Crippen LogP contribution in [0.15, 0.2) is 42.6 Å². The molecule has 230 valence electrons. The number of halogens is 1. The second-order valence-electron chi connectivity index (χ2n) is 13.8. The monoisotopic (exact) mass is 618 g/mol. The highest BCUT2D eigenvalue weighted by Gasteiger charge is 2.53. The van der Waals surface area contributed by atoms with Gasteiger partial charge in [0.1, 0.15) is 16.6 Å². The molecule has 2 saturated heterocycles. The van der Waals surface area contributed by atoms with Crippen molar-refractivity contribution in [3.8, 4) is 17.0 Å². The third kappa shape index (κ3) is 4.56. The Morgan fingerprint density at radius 2 is 1.48 bits per heavy atom. The number of ether oxygens (including phenoxy) is 2. The molecule has 0 N–H and O–H groups in total. The molecule has 0 radical (unpaired) electrons. The molecule has 1 unspecified atom stereocenters. The van der Waals surface area contributed by atoms with Gasteiger partial charge in [0.2, 0.25) is 6.23 Å². The third-order valence-electron chi connectivity index (χ3n) is 9.80. The Bertz CT molecular complexity index is 1750. The average molecular weight is 618 g/mol. The van der Waals surface area contributed by atoms with Crippen LogP contribution >= 0.6 is 11.3 Å². The first-order valence-corrected chi connectivity index (χ1v) is 15.7. The van der Waals surface area contributed by atoms with Crippen LogP contribution in [0.3, 0.4) is 0 Å². The van der Waals surface area contributed by atoms with Crippen molar-refractivity contribution in [2.45, 2.75) is 90.6 Å². The predicted octanol–water partition coefficient (Wildman–Crippen LogP) is 5.59. The highest BCUT2D eigenvalue weighted by Crippen LogP contribution is 2.46. The largest absolute Gasteiger partial charge is 0.495 e. The lowest BCUT2D eigenvalue weighted by molar-refractivity contribution is 0.00578. The van der Waals surface area contributed by atoms with Crippen LogP contribution in [0.4, 0.5) is 4.39 Å². The highest BCUT2D eigenvalue weighted by atomic mass is 32.1. The van der Waals surface area contributed by atoms with Crippen molar-refractivity contribution in [2.75, 3.05) is 7.11 Å². The zero-order chi connectivity index (χ0) is 31.4. The maximum atomic E-state index is 16.2. The van der Waals surface area contributed by atoms with Gasteiger partial charge in [-0.1, -0.05) is 12.1 Å². The van der Waals surface area contributed by atoms with E-state index in [2.05, 4.69) is 11.1 Å². The molecule has 8 nitrogen and oxygen atoms in total. The van der Waals surface area contributed by atoms with Gasteiger partial charge in [0.05, 0.1) is 50.7 Å². The minimum atomic E-state index is -0.728. The lowest BCUT2D eigenvalue weighted by atomic mass is 9.78. The van der Waals surface area contributed by atoms with E-state index in [1.807, 2.05) is 84.2 Å². The summed E-state index contributed by atoms with van der Waals surface area (Å²) < 4.78 is 55.4. The number of methoxy groups -OCH3 is 1. The summed E-state index contributed by atoms with van der Waals surface area (Å²) in [5.74, 6) is 0.00756. The van der Waals surface area contributed by atoms with Crippen LogP contribution < -0.4 is 15.7 Å². The fourth-order valence-corrected chi connectivity index (χ4v) is 6.78. The van der Waals surface area contributed by atoms with Crippen molar-refractivity contribution in [1.29, 1.82) is 0 Å². The quantitative estimate of drug-likeness (QED) is 0.270. The van der Waals surface area contributed by atoms with Gasteiger partial charge in [0.25, 0.3) is 0 Å². The normalized spacial score (nSPS) is 22.7. The molecule has 4 aromatic rings. The number of benzene rings is 2. The van der Waals surface area contributed by atoms with Gasteiger partial charge in [0.15, 0.2) is 0 Å². The lowest BCUT2D eigenvalue weighted by Crippen LogP contribution is -2.41. The molecule has 3 aliphatic heterocycles. The van der Waals surface area contributed by atoms with Crippen LogP contribution in [0.5, 0.6) is 5.75 Å². The molecule has 7 rings (SSSR count). The van der Waals surface area contributed by atoms with Gasteiger partial charge in [-0.05, 0) is 90.6 Å². The molecule has 0 bridgehead atoms. The fourth-order valence-electron chi connectivity index (χ4n) is 5.87. The van der Waals surface area contributed by atoms with E-state index in [1.54, 1.807) is 13.3 Å². The molecule has 3 aliphatic rings. The molecule has 5 heterocycles. The Morgan fingerprint density at radius 1 is 0.864 bits per heavy atom. The van der Waals surface area contributed by atoms with Gasteiger partial charge in [-0.2, -0.15) is 0 Å². The minimum Gasteiger partial charge on any atom is -0.464 e. The van der Waals surface area contributed by atoms with E-state index >= 15 is 4.39 Å². The second kappa shape index (κ2) is 9.88. The summed E-state index contributed by atoms with van der Waals surface area (Å²) in [4.78, 5) is 5.42. The number of hydrogen-bond acceptors (Lipinski definition) is 8. The number of fused-ring (bicyclic) bond motifs is 5. The van der Waals surface area contributed by atoms with Crippen molar-refractivity contribution < 1.29 is 32.5 Å². The maximum Gasteiger partial charge on any atom is 0.495 e. The van der Waals surface area contributed by atoms with Gasteiger partial charge in [-0.25, -0.2) is 9.37 Å². The summed E-state index contributed by atoms with van der Waals surface area (Å²) in [6.07, 6.45) is 1.23. The van der Waals surface area contributed by atoms with Crippen LogP contribution in [0.25, 0.3) is 22.2 Å². The molecule has 2 aromatic heterocycles. The van der Waals surface area contributed by atoms with Crippen molar-refractivity contribution in [1.82, 2.24) is 9.55 Å². The molecule has 12 heteroatoms. The Balaban J connectivity index is 1.35. The first kappa shape index (κ1) is 30.0. The molecule has 1 atom stereocenters. The molecule has 0 amide bonds. The van der Waals surface area contributed by atoms with Crippen molar-refractivity contribution >= 4 is 47.4 Å². The predicted molar refractivity (Wildman–Crippen MR) is 170 cm³/mol. The number of hydrogen-bond donors (Lipinski definition) is 0. The van der Waals surface area contributed by atoms with E-state index in [4.69, 9.17) is 28.1 Å². The zero-order valence-electron chi connectivity index (χ0n) is 26.6. The number of aromatic nitrogens is 2. The van der Waals surface area contributed by atoms with Gasteiger partial charge in [-0.15, -0.1) is 11.3 Å². The minimum absolute atomic E-state index is 0.386. The summed E-state index contributed by atoms with van der Waals surface area (Å²) in [5.41, 5.74) is 1.40. The van der Waals surface area contributed by atoms with Crippen molar-refractivity contribution in [3.63, 3.8) is 0 Å². The van der Waals surface area contributed by atoms with Gasteiger partial charge < -0.3 is 28.1 Å². The molecular formula is C32H37B2FN2O6S. The topological polar surface area (TPSA) is 73.2 Å². The van der Waals surface area contributed by atoms with Crippen LogP contribution in [0.1, 0.15) is 71.5 Å². The number of thiazole rings is 1. The summed E-state index contributed by atoms with van der Waals surface area (Å²) in [7, 11) is 0.399. The summed E-state index contributed by atoms with van der Waals surface area (Å²) in [6.45, 7) is 16.5. The maximum absolute atomic E-state index is 16.2. The molecule has 0 aliphatic carbocycles. The molecule has 2 fully saturated rings. The van der Waals surface area contributed by atoms with E-state index in [0.29, 0.717) is 29.1 Å². The Kier molecular flexibility index (Phi) is 6.73. The molecule has 2 aromatic carbocycles. The SMILES string of the molecule is COCc1ncc(C2Oc3cc(B4OC(C)(C)C(C)(C)O4)cc(F)c3-c3cc4cc(B5OC(C)(C)C(C)(C)O5)ccc4n32)s1. The van der Waals surface area contributed by atoms with E-state index in [0.717, 1.165) is 26.3 Å². The summed E-state index contributed by atoms with van der Waals surface area (Å²) >= 11 is 1.51. The first-order chi connectivity index (χ1) is 20.6. The second-order valence-corrected chi connectivity index (χ2v) is 15.0. The molecule has 44 heavy (non-hydrogen) atoms. The van der Waals surface area contributed by atoms with E-state index < -0.39 is 48.7 Å². The van der Waals surface area contributed by atoms with Gasteiger partial charge in [-0.3, -0.25) is 4.57 Å². The summed E-state index contributed by atoms with van der Waals surface area (Å²) in [6, 6.07) is 11.4. The third-order valence-corrected chi connectivity index (χ3v) is 10.8. The van der Waals surface area contributed by atoms with Crippen molar-refractivity contribution in [2.24, 2.45) is 0 Å². The van der Waals surface area contributed by atoms with E-state index in [1.165, 1.54) is 17.4 Å². The Morgan fingerprint density at radius 3 is 2.09 bits per heavy atom. The van der Waals surface area contributed by atoms with Gasteiger partial charge >= 0.3 is 14.2 Å². The number of nitrogens with zero attached hydrogens (tertiary/aromatic N) is 2. The Labute approximate surface area is 262 Å². The van der Waals surface area contributed by atoms with Crippen molar-refractivity contribution in [3.05, 3.63) is 58.3 Å². The van der Waals surface area contributed by atoms with Crippen LogP contribution in [0.2, 0.25) is 0 Å². The number of rotatable bonds is 5. The first-order valence-electron chi connectivity index (χ1n) is 14.9. The zero-order valence-corrected chi connectivity index (χ0v) is 27.4. The van der Waals surface area contributed by atoms with E-state index in [-0.39, 0.29) is 0 Å². The molecular weight excluding hydrogens is 581 g/mol. The van der Waals surface area contributed by atoms with Crippen LogP contribution in [-0.2, 0) is 30.0 Å². The molecule has 0 saturated carbocycles. The van der Waals surface area contributed by atoms with Gasteiger partial charge in [0, 0.05) is 18.7 Å². The van der Waals surface area contributed by atoms with Crippen LogP contribution in [0, 0.1) is 5.82 Å². The lowest BCUT2D eigenvalue weighted by Gasteiger charge is -2.32. The smallest absolute Gasteiger partial charge is 0.464 e. The highest BCUT2D eigenvalue weighted by molar-refractivity contribution is 7.11.